The number of anilines is 1. The lowest BCUT2D eigenvalue weighted by molar-refractivity contribution is -0.141. The maximum absolute atomic E-state index is 12.7. The zero-order valence-corrected chi connectivity index (χ0v) is 12.7. The molecule has 0 bridgehead atoms. The number of aromatic nitrogens is 2. The molecule has 0 N–H and O–H groups in total. The second-order valence-corrected chi connectivity index (χ2v) is 6.03. The van der Waals surface area contributed by atoms with Crippen LogP contribution in [0, 0.1) is 5.92 Å². The quantitative estimate of drug-likeness (QED) is 0.836. The largest absolute Gasteiger partial charge is 0.433 e. The van der Waals surface area contributed by atoms with Crippen LogP contribution in [0.25, 0.3) is 0 Å². The van der Waals surface area contributed by atoms with Crippen molar-refractivity contribution in [2.45, 2.75) is 31.9 Å². The van der Waals surface area contributed by atoms with Crippen molar-refractivity contribution >= 4 is 11.9 Å². The third-order valence-electron chi connectivity index (χ3n) is 4.51. The van der Waals surface area contributed by atoms with Crippen LogP contribution in [-0.4, -0.2) is 47.0 Å². The maximum Gasteiger partial charge on any atom is 0.433 e. The Morgan fingerprint density at radius 1 is 1.13 bits per heavy atom. The van der Waals surface area contributed by atoms with E-state index >= 15 is 0 Å². The Labute approximate surface area is 132 Å². The van der Waals surface area contributed by atoms with Gasteiger partial charge in [-0.15, -0.1) is 0 Å². The number of hydrogen-bond donors (Lipinski definition) is 0. The molecular formula is C15H19F3N4O. The van der Waals surface area contributed by atoms with E-state index in [-0.39, 0.29) is 17.8 Å². The predicted molar refractivity (Wildman–Crippen MR) is 77.8 cm³/mol. The predicted octanol–water partition coefficient (Wildman–Crippen LogP) is 2.33. The first-order valence-electron chi connectivity index (χ1n) is 7.89. The van der Waals surface area contributed by atoms with E-state index in [1.807, 2.05) is 4.90 Å². The van der Waals surface area contributed by atoms with Crippen molar-refractivity contribution in [2.24, 2.45) is 5.92 Å². The van der Waals surface area contributed by atoms with Crippen LogP contribution < -0.4 is 4.90 Å². The molecule has 0 radical (unpaired) electrons. The smallest absolute Gasteiger partial charge is 0.339 e. The van der Waals surface area contributed by atoms with E-state index in [9.17, 15) is 18.0 Å². The summed E-state index contributed by atoms with van der Waals surface area (Å²) in [6.07, 6.45) is 0.771. The molecule has 8 heteroatoms. The van der Waals surface area contributed by atoms with Crippen LogP contribution in [-0.2, 0) is 11.0 Å². The molecule has 0 spiro atoms. The van der Waals surface area contributed by atoms with Crippen LogP contribution >= 0.6 is 0 Å². The SMILES string of the molecule is O=C(C1CCCC1)N1CCN(c2nccc(C(F)(F)F)n2)CC1. The molecule has 1 aromatic heterocycles. The minimum absolute atomic E-state index is 0.0767. The van der Waals surface area contributed by atoms with Crippen molar-refractivity contribution in [1.29, 1.82) is 0 Å². The fourth-order valence-corrected chi connectivity index (χ4v) is 3.22. The van der Waals surface area contributed by atoms with Crippen LogP contribution in [0.1, 0.15) is 31.4 Å². The fourth-order valence-electron chi connectivity index (χ4n) is 3.22. The second-order valence-electron chi connectivity index (χ2n) is 6.03. The highest BCUT2D eigenvalue weighted by Crippen LogP contribution is 2.29. The fraction of sp³-hybridized carbons (Fsp3) is 0.667. The second kappa shape index (κ2) is 6.33. The number of piperazine rings is 1. The average Bonchev–Trinajstić information content (AvgIpc) is 3.08. The van der Waals surface area contributed by atoms with Gasteiger partial charge in [0.25, 0.3) is 0 Å². The first-order chi connectivity index (χ1) is 10.9. The van der Waals surface area contributed by atoms with Crippen molar-refractivity contribution in [3.8, 4) is 0 Å². The number of hydrogen-bond acceptors (Lipinski definition) is 4. The van der Waals surface area contributed by atoms with Crippen molar-refractivity contribution in [2.75, 3.05) is 31.1 Å². The Hall–Kier alpha value is -1.86. The van der Waals surface area contributed by atoms with Gasteiger partial charge in [0.2, 0.25) is 11.9 Å². The molecule has 23 heavy (non-hydrogen) atoms. The van der Waals surface area contributed by atoms with Crippen molar-refractivity contribution in [1.82, 2.24) is 14.9 Å². The van der Waals surface area contributed by atoms with Gasteiger partial charge in [0, 0.05) is 38.3 Å². The van der Waals surface area contributed by atoms with Gasteiger partial charge in [0.15, 0.2) is 0 Å². The topological polar surface area (TPSA) is 49.3 Å². The zero-order chi connectivity index (χ0) is 16.4. The Morgan fingerprint density at radius 3 is 2.39 bits per heavy atom. The molecule has 1 aromatic rings. The number of carbonyl (C=O) groups is 1. The molecule has 2 fully saturated rings. The molecule has 2 heterocycles. The average molecular weight is 328 g/mol. The summed E-state index contributed by atoms with van der Waals surface area (Å²) in [6, 6.07) is 0.864. The monoisotopic (exact) mass is 328 g/mol. The van der Waals surface area contributed by atoms with E-state index in [4.69, 9.17) is 0 Å². The molecule has 1 saturated heterocycles. The molecule has 2 aliphatic rings. The van der Waals surface area contributed by atoms with E-state index in [0.717, 1.165) is 37.9 Å². The Bertz CT molecular complexity index is 564. The van der Waals surface area contributed by atoms with Crippen molar-refractivity contribution in [3.63, 3.8) is 0 Å². The van der Waals surface area contributed by atoms with Gasteiger partial charge < -0.3 is 9.80 Å². The van der Waals surface area contributed by atoms with Gasteiger partial charge >= 0.3 is 6.18 Å². The van der Waals surface area contributed by atoms with Gasteiger partial charge in [0.05, 0.1) is 0 Å². The van der Waals surface area contributed by atoms with Gasteiger partial charge in [-0.05, 0) is 18.9 Å². The summed E-state index contributed by atoms with van der Waals surface area (Å²) in [5.41, 5.74) is -0.938. The summed E-state index contributed by atoms with van der Waals surface area (Å²) in [4.78, 5) is 23.4. The highest BCUT2D eigenvalue weighted by atomic mass is 19.4. The first kappa shape index (κ1) is 16.0. The lowest BCUT2D eigenvalue weighted by Crippen LogP contribution is -2.50. The number of rotatable bonds is 2. The number of amides is 1. The van der Waals surface area contributed by atoms with E-state index < -0.39 is 11.9 Å². The van der Waals surface area contributed by atoms with Gasteiger partial charge in [0.1, 0.15) is 5.69 Å². The normalized spacial score (nSPS) is 20.1. The van der Waals surface area contributed by atoms with E-state index in [1.54, 1.807) is 4.90 Å². The summed E-state index contributed by atoms with van der Waals surface area (Å²) in [7, 11) is 0. The standard InChI is InChI=1S/C15H19F3N4O/c16-15(17,18)12-5-6-19-14(20-12)22-9-7-21(8-10-22)13(23)11-3-1-2-4-11/h5-6,11H,1-4,7-10H2. The molecule has 1 aliphatic heterocycles. The molecule has 5 nitrogen and oxygen atoms in total. The van der Waals surface area contributed by atoms with Crippen molar-refractivity contribution in [3.05, 3.63) is 18.0 Å². The number of halogens is 3. The number of nitrogens with zero attached hydrogens (tertiary/aromatic N) is 4. The first-order valence-corrected chi connectivity index (χ1v) is 7.89. The van der Waals surface area contributed by atoms with Crippen LogP contribution in [0.2, 0.25) is 0 Å². The molecule has 3 rings (SSSR count). The molecule has 0 unspecified atom stereocenters. The zero-order valence-electron chi connectivity index (χ0n) is 12.7. The highest BCUT2D eigenvalue weighted by molar-refractivity contribution is 5.79. The molecule has 1 aliphatic carbocycles. The van der Waals surface area contributed by atoms with Crippen LogP contribution in [0.5, 0.6) is 0 Å². The van der Waals surface area contributed by atoms with E-state index in [0.29, 0.717) is 26.2 Å². The number of alkyl halides is 3. The minimum Gasteiger partial charge on any atom is -0.339 e. The molecule has 0 aromatic carbocycles. The van der Waals surface area contributed by atoms with E-state index in [1.165, 1.54) is 0 Å². The molecule has 126 valence electrons. The minimum atomic E-state index is -4.47. The summed E-state index contributed by atoms with van der Waals surface area (Å²) >= 11 is 0. The third-order valence-corrected chi connectivity index (χ3v) is 4.51. The summed E-state index contributed by atoms with van der Waals surface area (Å²) in [5.74, 6) is 0.395. The van der Waals surface area contributed by atoms with Gasteiger partial charge in [-0.3, -0.25) is 4.79 Å². The Morgan fingerprint density at radius 2 is 1.78 bits per heavy atom. The lowest BCUT2D eigenvalue weighted by atomic mass is 10.1. The van der Waals surface area contributed by atoms with Crippen LogP contribution in [0.15, 0.2) is 12.3 Å². The van der Waals surface area contributed by atoms with Gasteiger partial charge in [-0.25, -0.2) is 9.97 Å². The summed E-state index contributed by atoms with van der Waals surface area (Å²) in [5, 5.41) is 0. The van der Waals surface area contributed by atoms with Gasteiger partial charge in [-0.1, -0.05) is 12.8 Å². The summed E-state index contributed by atoms with van der Waals surface area (Å²) < 4.78 is 38.1. The molecule has 0 atom stereocenters. The summed E-state index contributed by atoms with van der Waals surface area (Å²) in [6.45, 7) is 1.93. The Balaban J connectivity index is 1.61. The van der Waals surface area contributed by atoms with E-state index in [2.05, 4.69) is 9.97 Å². The third kappa shape index (κ3) is 3.56. The number of carbonyl (C=O) groups excluding carboxylic acids is 1. The van der Waals surface area contributed by atoms with Crippen LogP contribution in [0.4, 0.5) is 19.1 Å². The lowest BCUT2D eigenvalue weighted by Gasteiger charge is -2.36. The molecule has 1 saturated carbocycles. The molecule has 1 amide bonds. The van der Waals surface area contributed by atoms with Crippen LogP contribution in [0.3, 0.4) is 0 Å². The van der Waals surface area contributed by atoms with Crippen molar-refractivity contribution < 1.29 is 18.0 Å². The highest BCUT2D eigenvalue weighted by Gasteiger charge is 2.34. The maximum atomic E-state index is 12.7. The molecular weight excluding hydrogens is 309 g/mol. The Kier molecular flexibility index (Phi) is 4.41. The van der Waals surface area contributed by atoms with Gasteiger partial charge in [-0.2, -0.15) is 13.2 Å².